The Kier molecular flexibility index (Phi) is 3.18. The maximum Gasteiger partial charge on any atom is 0.248 e. The van der Waals surface area contributed by atoms with E-state index in [2.05, 4.69) is 18.1 Å². The Morgan fingerprint density at radius 1 is 1.45 bits per heavy atom. The number of para-hydroxylation sites is 1. The molecule has 1 aromatic heterocycles. The first-order valence-electron chi connectivity index (χ1n) is 6.79. The molecule has 0 aliphatic carbocycles. The van der Waals surface area contributed by atoms with Crippen molar-refractivity contribution in [2.75, 3.05) is 17.2 Å². The number of hydrogen-bond donors (Lipinski definition) is 1. The molecular formula is C15H18N4O. The fourth-order valence-electron chi connectivity index (χ4n) is 2.72. The Labute approximate surface area is 118 Å². The van der Waals surface area contributed by atoms with E-state index in [0.29, 0.717) is 11.6 Å². The van der Waals surface area contributed by atoms with E-state index >= 15 is 0 Å². The van der Waals surface area contributed by atoms with E-state index in [1.807, 2.05) is 23.1 Å². The monoisotopic (exact) mass is 270 g/mol. The van der Waals surface area contributed by atoms with Gasteiger partial charge in [-0.25, -0.2) is 0 Å². The highest BCUT2D eigenvalue weighted by atomic mass is 16.2. The summed E-state index contributed by atoms with van der Waals surface area (Å²) in [6.07, 6.45) is 4.26. The number of anilines is 2. The number of nitrogens with two attached hydrogens (primary N) is 1. The predicted octanol–water partition coefficient (Wildman–Crippen LogP) is 1.69. The number of fused-ring (bicyclic) bond motifs is 1. The first-order chi connectivity index (χ1) is 9.63. The largest absolute Gasteiger partial charge is 0.396 e. The van der Waals surface area contributed by atoms with Gasteiger partial charge in [-0.05, 0) is 24.0 Å². The van der Waals surface area contributed by atoms with Crippen molar-refractivity contribution in [2.24, 2.45) is 5.92 Å². The van der Waals surface area contributed by atoms with Gasteiger partial charge in [0.1, 0.15) is 6.54 Å². The van der Waals surface area contributed by atoms with Crippen molar-refractivity contribution < 1.29 is 4.79 Å². The fraction of sp³-hybridized carbons (Fsp3) is 0.333. The number of hydrogen-bond acceptors (Lipinski definition) is 3. The number of benzene rings is 1. The van der Waals surface area contributed by atoms with Gasteiger partial charge in [-0.1, -0.05) is 25.1 Å². The Morgan fingerprint density at radius 2 is 2.25 bits per heavy atom. The summed E-state index contributed by atoms with van der Waals surface area (Å²) in [5.74, 6) is 0.517. The molecule has 1 aliphatic heterocycles. The summed E-state index contributed by atoms with van der Waals surface area (Å²) in [6, 6.07) is 8.10. The van der Waals surface area contributed by atoms with Crippen LogP contribution in [-0.2, 0) is 17.8 Å². The molecule has 5 heteroatoms. The number of carbonyl (C=O) groups is 1. The lowest BCUT2D eigenvalue weighted by Gasteiger charge is -2.33. The molecule has 2 N–H and O–H groups in total. The van der Waals surface area contributed by atoms with Crippen LogP contribution in [0.25, 0.3) is 0 Å². The van der Waals surface area contributed by atoms with E-state index < -0.39 is 0 Å². The molecule has 1 aliphatic rings. The van der Waals surface area contributed by atoms with Crippen LogP contribution in [0.3, 0.4) is 0 Å². The SMILES string of the molecule is CC1Cc2ccccc2N(C(=O)Cn2cc(N)cn2)C1. The van der Waals surface area contributed by atoms with Gasteiger partial charge in [0, 0.05) is 18.4 Å². The zero-order valence-electron chi connectivity index (χ0n) is 11.5. The van der Waals surface area contributed by atoms with Gasteiger partial charge in [-0.15, -0.1) is 0 Å². The van der Waals surface area contributed by atoms with Crippen molar-refractivity contribution >= 4 is 17.3 Å². The summed E-state index contributed by atoms with van der Waals surface area (Å²) in [7, 11) is 0. The van der Waals surface area contributed by atoms with E-state index in [1.165, 1.54) is 5.56 Å². The Morgan fingerprint density at radius 3 is 3.00 bits per heavy atom. The zero-order chi connectivity index (χ0) is 14.1. The number of nitrogens with zero attached hydrogens (tertiary/aromatic N) is 3. The van der Waals surface area contributed by atoms with Gasteiger partial charge < -0.3 is 10.6 Å². The molecule has 104 valence electrons. The minimum Gasteiger partial charge on any atom is -0.396 e. The smallest absolute Gasteiger partial charge is 0.248 e. The van der Waals surface area contributed by atoms with Crippen molar-refractivity contribution in [3.63, 3.8) is 0 Å². The number of rotatable bonds is 2. The quantitative estimate of drug-likeness (QED) is 0.903. The Bertz CT molecular complexity index is 634. The third kappa shape index (κ3) is 2.39. The highest BCUT2D eigenvalue weighted by molar-refractivity contribution is 5.94. The highest BCUT2D eigenvalue weighted by Crippen LogP contribution is 2.29. The second-order valence-corrected chi connectivity index (χ2v) is 5.41. The Hall–Kier alpha value is -2.30. The van der Waals surface area contributed by atoms with Gasteiger partial charge in [-0.2, -0.15) is 5.10 Å². The topological polar surface area (TPSA) is 64.2 Å². The van der Waals surface area contributed by atoms with Crippen molar-refractivity contribution in [2.45, 2.75) is 19.9 Å². The van der Waals surface area contributed by atoms with E-state index in [9.17, 15) is 4.79 Å². The van der Waals surface area contributed by atoms with Crippen LogP contribution in [0.15, 0.2) is 36.7 Å². The molecule has 1 aromatic carbocycles. The van der Waals surface area contributed by atoms with Crippen LogP contribution in [-0.4, -0.2) is 22.2 Å². The summed E-state index contributed by atoms with van der Waals surface area (Å²) < 4.78 is 1.58. The molecule has 1 amide bonds. The highest BCUT2D eigenvalue weighted by Gasteiger charge is 2.26. The zero-order valence-corrected chi connectivity index (χ0v) is 11.5. The number of nitrogen functional groups attached to an aromatic ring is 1. The normalized spacial score (nSPS) is 17.9. The van der Waals surface area contributed by atoms with Crippen LogP contribution in [0, 0.1) is 5.92 Å². The van der Waals surface area contributed by atoms with Crippen LogP contribution in [0.4, 0.5) is 11.4 Å². The summed E-state index contributed by atoms with van der Waals surface area (Å²) >= 11 is 0. The van der Waals surface area contributed by atoms with E-state index in [0.717, 1.165) is 18.7 Å². The molecule has 20 heavy (non-hydrogen) atoms. The summed E-state index contributed by atoms with van der Waals surface area (Å²) in [6.45, 7) is 3.15. The fourth-order valence-corrected chi connectivity index (χ4v) is 2.72. The van der Waals surface area contributed by atoms with Crippen LogP contribution in [0.2, 0.25) is 0 Å². The Balaban J connectivity index is 1.84. The molecule has 0 saturated carbocycles. The number of amides is 1. The van der Waals surface area contributed by atoms with Gasteiger partial charge in [0.15, 0.2) is 0 Å². The molecular weight excluding hydrogens is 252 g/mol. The maximum atomic E-state index is 12.5. The second kappa shape index (κ2) is 5.00. The summed E-state index contributed by atoms with van der Waals surface area (Å²) in [5, 5.41) is 4.07. The average molecular weight is 270 g/mol. The third-order valence-electron chi connectivity index (χ3n) is 3.60. The molecule has 0 radical (unpaired) electrons. The lowest BCUT2D eigenvalue weighted by molar-refractivity contribution is -0.119. The lowest BCUT2D eigenvalue weighted by atomic mass is 9.94. The third-order valence-corrected chi connectivity index (χ3v) is 3.60. The molecule has 0 spiro atoms. The maximum absolute atomic E-state index is 12.5. The van der Waals surface area contributed by atoms with Crippen LogP contribution < -0.4 is 10.6 Å². The van der Waals surface area contributed by atoms with Gasteiger partial charge in [0.05, 0.1) is 11.9 Å². The number of carbonyl (C=O) groups excluding carboxylic acids is 1. The van der Waals surface area contributed by atoms with Gasteiger partial charge in [0.25, 0.3) is 0 Å². The van der Waals surface area contributed by atoms with Crippen LogP contribution in [0.1, 0.15) is 12.5 Å². The molecule has 1 unspecified atom stereocenters. The predicted molar refractivity (Wildman–Crippen MR) is 78.3 cm³/mol. The van der Waals surface area contributed by atoms with Gasteiger partial charge in [0.2, 0.25) is 5.91 Å². The lowest BCUT2D eigenvalue weighted by Crippen LogP contribution is -2.41. The van der Waals surface area contributed by atoms with Crippen LogP contribution in [0.5, 0.6) is 0 Å². The van der Waals surface area contributed by atoms with E-state index in [-0.39, 0.29) is 12.5 Å². The van der Waals surface area contributed by atoms with E-state index in [4.69, 9.17) is 5.73 Å². The average Bonchev–Trinajstić information content (AvgIpc) is 2.83. The van der Waals surface area contributed by atoms with E-state index in [1.54, 1.807) is 17.1 Å². The molecule has 2 heterocycles. The molecule has 2 aromatic rings. The number of aromatic nitrogens is 2. The standard InChI is InChI=1S/C15H18N4O/c1-11-6-12-4-2-3-5-14(12)19(8-11)15(20)10-18-9-13(16)7-17-18/h2-5,7,9,11H,6,8,10,16H2,1H3. The van der Waals surface area contributed by atoms with Crippen molar-refractivity contribution in [1.29, 1.82) is 0 Å². The second-order valence-electron chi connectivity index (χ2n) is 5.41. The first kappa shape index (κ1) is 12.7. The van der Waals surface area contributed by atoms with Crippen LogP contribution >= 0.6 is 0 Å². The molecule has 0 fully saturated rings. The summed E-state index contributed by atoms with van der Waals surface area (Å²) in [4.78, 5) is 14.4. The van der Waals surface area contributed by atoms with Crippen molar-refractivity contribution in [3.05, 3.63) is 42.2 Å². The molecule has 0 bridgehead atoms. The molecule has 1 atom stereocenters. The van der Waals surface area contributed by atoms with Crippen molar-refractivity contribution in [3.8, 4) is 0 Å². The minimum atomic E-state index is 0.0482. The van der Waals surface area contributed by atoms with Gasteiger partial charge in [-0.3, -0.25) is 9.48 Å². The minimum absolute atomic E-state index is 0.0482. The molecule has 0 saturated heterocycles. The molecule has 5 nitrogen and oxygen atoms in total. The first-order valence-corrected chi connectivity index (χ1v) is 6.79. The molecule has 3 rings (SSSR count). The summed E-state index contributed by atoms with van der Waals surface area (Å²) in [5.41, 5.74) is 8.46. The van der Waals surface area contributed by atoms with Crippen molar-refractivity contribution in [1.82, 2.24) is 9.78 Å². The van der Waals surface area contributed by atoms with Gasteiger partial charge >= 0.3 is 0 Å².